The first-order valence-corrected chi connectivity index (χ1v) is 10.0. The van der Waals surface area contributed by atoms with Crippen LogP contribution in [0.25, 0.3) is 0 Å². The molecular formula is C16H32N4OS. The first-order valence-electron chi connectivity index (χ1n) is 8.65. The standard InChI is InChI=1S/C16H32N4OS/c1-4-22(21)15-7-5-6-14(10-15)19-16(17-2)18-11-13-8-9-20(3)12-13/h13-15H,4-12H2,1-3H3,(H2,17,18,19). The zero-order chi connectivity index (χ0) is 15.9. The second-order valence-corrected chi connectivity index (χ2v) is 8.67. The van der Waals surface area contributed by atoms with Gasteiger partial charge in [-0.05, 0) is 45.2 Å². The van der Waals surface area contributed by atoms with Gasteiger partial charge >= 0.3 is 0 Å². The van der Waals surface area contributed by atoms with Crippen molar-refractivity contribution in [2.24, 2.45) is 10.9 Å². The third-order valence-electron chi connectivity index (χ3n) is 4.89. The lowest BCUT2D eigenvalue weighted by Crippen LogP contribution is -2.47. The van der Waals surface area contributed by atoms with Crippen molar-refractivity contribution >= 4 is 16.8 Å². The summed E-state index contributed by atoms with van der Waals surface area (Å²) < 4.78 is 12.0. The molecule has 4 unspecified atom stereocenters. The molecule has 22 heavy (non-hydrogen) atoms. The van der Waals surface area contributed by atoms with Gasteiger partial charge in [0.05, 0.1) is 0 Å². The number of aliphatic imine (C=N–C) groups is 1. The van der Waals surface area contributed by atoms with Gasteiger partial charge in [0.25, 0.3) is 0 Å². The van der Waals surface area contributed by atoms with E-state index in [1.54, 1.807) is 0 Å². The second kappa shape index (κ2) is 8.87. The highest BCUT2D eigenvalue weighted by Crippen LogP contribution is 2.23. The van der Waals surface area contributed by atoms with Crippen molar-refractivity contribution in [3.63, 3.8) is 0 Å². The highest BCUT2D eigenvalue weighted by atomic mass is 32.2. The van der Waals surface area contributed by atoms with Crippen molar-refractivity contribution in [1.82, 2.24) is 15.5 Å². The smallest absolute Gasteiger partial charge is 0.191 e. The van der Waals surface area contributed by atoms with Gasteiger partial charge in [-0.25, -0.2) is 0 Å². The minimum Gasteiger partial charge on any atom is -0.356 e. The molecule has 2 N–H and O–H groups in total. The Hall–Kier alpha value is -0.620. The first-order chi connectivity index (χ1) is 10.6. The molecule has 0 aromatic heterocycles. The number of hydrogen-bond donors (Lipinski definition) is 2. The van der Waals surface area contributed by atoms with Gasteiger partial charge < -0.3 is 15.5 Å². The van der Waals surface area contributed by atoms with Crippen LogP contribution in [0.2, 0.25) is 0 Å². The van der Waals surface area contributed by atoms with Crippen LogP contribution >= 0.6 is 0 Å². The molecule has 0 spiro atoms. The largest absolute Gasteiger partial charge is 0.356 e. The third-order valence-corrected chi connectivity index (χ3v) is 6.63. The average Bonchev–Trinajstić information content (AvgIpc) is 2.96. The maximum atomic E-state index is 12.0. The fraction of sp³-hybridized carbons (Fsp3) is 0.938. The molecule has 0 aromatic carbocycles. The maximum Gasteiger partial charge on any atom is 0.191 e. The molecule has 1 aliphatic carbocycles. The number of guanidine groups is 1. The van der Waals surface area contributed by atoms with Gasteiger partial charge in [-0.3, -0.25) is 9.20 Å². The highest BCUT2D eigenvalue weighted by molar-refractivity contribution is 7.85. The minimum absolute atomic E-state index is 0.359. The van der Waals surface area contributed by atoms with E-state index in [0.29, 0.717) is 11.3 Å². The number of nitrogens with zero attached hydrogens (tertiary/aromatic N) is 2. The zero-order valence-electron chi connectivity index (χ0n) is 14.3. The summed E-state index contributed by atoms with van der Waals surface area (Å²) in [6.07, 6.45) is 5.70. The molecule has 2 fully saturated rings. The van der Waals surface area contributed by atoms with Crippen LogP contribution in [0.1, 0.15) is 39.0 Å². The van der Waals surface area contributed by atoms with Gasteiger partial charge in [-0.1, -0.05) is 13.3 Å². The molecule has 6 heteroatoms. The van der Waals surface area contributed by atoms with E-state index in [9.17, 15) is 4.21 Å². The van der Waals surface area contributed by atoms with Crippen molar-refractivity contribution in [1.29, 1.82) is 0 Å². The number of rotatable bonds is 5. The molecule has 1 heterocycles. The van der Waals surface area contributed by atoms with Crippen molar-refractivity contribution < 1.29 is 4.21 Å². The van der Waals surface area contributed by atoms with Crippen molar-refractivity contribution in [3.8, 4) is 0 Å². The van der Waals surface area contributed by atoms with Gasteiger partial charge in [0, 0.05) is 48.0 Å². The molecule has 2 aliphatic rings. The average molecular weight is 329 g/mol. The Morgan fingerprint density at radius 1 is 1.36 bits per heavy atom. The number of hydrogen-bond acceptors (Lipinski definition) is 3. The summed E-state index contributed by atoms with van der Waals surface area (Å²) in [4.78, 5) is 6.74. The van der Waals surface area contributed by atoms with Crippen LogP contribution in [0.4, 0.5) is 0 Å². The van der Waals surface area contributed by atoms with E-state index in [2.05, 4.69) is 27.6 Å². The van der Waals surface area contributed by atoms with Gasteiger partial charge in [0.2, 0.25) is 0 Å². The van der Waals surface area contributed by atoms with E-state index >= 15 is 0 Å². The van der Waals surface area contributed by atoms with E-state index in [1.165, 1.54) is 25.9 Å². The fourth-order valence-electron chi connectivity index (χ4n) is 3.57. The summed E-state index contributed by atoms with van der Waals surface area (Å²) in [7, 11) is 3.35. The Morgan fingerprint density at radius 3 is 2.82 bits per heavy atom. The van der Waals surface area contributed by atoms with Crippen LogP contribution in [0.5, 0.6) is 0 Å². The summed E-state index contributed by atoms with van der Waals surface area (Å²) in [5.74, 6) is 2.40. The number of nitrogens with one attached hydrogen (secondary N) is 2. The fourth-order valence-corrected chi connectivity index (χ4v) is 4.92. The topological polar surface area (TPSA) is 56.7 Å². The molecule has 0 bridgehead atoms. The Labute approximate surface area is 137 Å². The molecule has 0 amide bonds. The monoisotopic (exact) mass is 328 g/mol. The van der Waals surface area contributed by atoms with Crippen LogP contribution in [-0.2, 0) is 10.8 Å². The van der Waals surface area contributed by atoms with Gasteiger partial charge in [0.15, 0.2) is 5.96 Å². The predicted molar refractivity (Wildman–Crippen MR) is 94.8 cm³/mol. The van der Waals surface area contributed by atoms with Crippen molar-refractivity contribution in [3.05, 3.63) is 0 Å². The second-order valence-electron chi connectivity index (χ2n) is 6.67. The molecule has 4 atom stereocenters. The molecule has 2 rings (SSSR count). The van der Waals surface area contributed by atoms with Crippen molar-refractivity contribution in [2.75, 3.05) is 39.5 Å². The van der Waals surface area contributed by atoms with E-state index in [-0.39, 0.29) is 0 Å². The zero-order valence-corrected chi connectivity index (χ0v) is 15.1. The highest BCUT2D eigenvalue weighted by Gasteiger charge is 2.26. The van der Waals surface area contributed by atoms with Crippen LogP contribution < -0.4 is 10.6 Å². The van der Waals surface area contributed by atoms with Crippen LogP contribution in [-0.4, -0.2) is 65.8 Å². The lowest BCUT2D eigenvalue weighted by Gasteiger charge is -2.30. The Kier molecular flexibility index (Phi) is 7.15. The molecule has 1 saturated heterocycles. The van der Waals surface area contributed by atoms with Gasteiger partial charge in [-0.15, -0.1) is 0 Å². The van der Waals surface area contributed by atoms with Crippen molar-refractivity contribution in [2.45, 2.75) is 50.3 Å². The summed E-state index contributed by atoms with van der Waals surface area (Å²) >= 11 is 0. The van der Waals surface area contributed by atoms with E-state index in [4.69, 9.17) is 0 Å². The van der Waals surface area contributed by atoms with Crippen LogP contribution in [0, 0.1) is 5.92 Å². The molecule has 5 nitrogen and oxygen atoms in total. The van der Waals surface area contributed by atoms with Crippen LogP contribution in [0.15, 0.2) is 4.99 Å². The molecule has 1 saturated carbocycles. The Morgan fingerprint density at radius 2 is 2.18 bits per heavy atom. The summed E-state index contributed by atoms with van der Waals surface area (Å²) in [5.41, 5.74) is 0. The van der Waals surface area contributed by atoms with Gasteiger partial charge in [0.1, 0.15) is 0 Å². The summed E-state index contributed by atoms with van der Waals surface area (Å²) in [6.45, 7) is 5.38. The summed E-state index contributed by atoms with van der Waals surface area (Å²) in [5, 5.41) is 7.37. The van der Waals surface area contributed by atoms with E-state index < -0.39 is 10.8 Å². The molecule has 0 aromatic rings. The SMILES string of the molecule is CCS(=O)C1CCCC(NC(=NC)NCC2CCN(C)C2)C1. The van der Waals surface area contributed by atoms with E-state index in [1.807, 2.05) is 14.0 Å². The molecule has 0 radical (unpaired) electrons. The predicted octanol–water partition coefficient (Wildman–Crippen LogP) is 1.18. The van der Waals surface area contributed by atoms with Gasteiger partial charge in [-0.2, -0.15) is 0 Å². The first kappa shape index (κ1) is 17.7. The van der Waals surface area contributed by atoms with E-state index in [0.717, 1.165) is 43.4 Å². The molecule has 128 valence electrons. The normalized spacial score (nSPS) is 32.0. The molecular weight excluding hydrogens is 296 g/mol. The Bertz CT molecular complexity index is 402. The maximum absolute atomic E-state index is 12.0. The Balaban J connectivity index is 1.76. The summed E-state index contributed by atoms with van der Waals surface area (Å²) in [6, 6.07) is 0.409. The quantitative estimate of drug-likeness (QED) is 0.588. The third kappa shape index (κ3) is 5.23. The molecule has 1 aliphatic heterocycles. The number of likely N-dealkylation sites (tertiary alicyclic amines) is 1. The lowest BCUT2D eigenvalue weighted by atomic mass is 9.95. The lowest BCUT2D eigenvalue weighted by molar-refractivity contribution is 0.391. The minimum atomic E-state index is -0.666. The van der Waals surface area contributed by atoms with Crippen LogP contribution in [0.3, 0.4) is 0 Å².